The summed E-state index contributed by atoms with van der Waals surface area (Å²) in [6.45, 7) is 7.89. The molecule has 1 unspecified atom stereocenters. The van der Waals surface area contributed by atoms with E-state index in [2.05, 4.69) is 26.1 Å². The lowest BCUT2D eigenvalue weighted by atomic mass is 9.96. The van der Waals surface area contributed by atoms with E-state index in [0.717, 1.165) is 25.8 Å². The van der Waals surface area contributed by atoms with Crippen molar-refractivity contribution < 1.29 is 9.63 Å². The largest absolute Gasteiger partial charge is 0.306 e. The van der Waals surface area contributed by atoms with Crippen molar-refractivity contribution in [3.05, 3.63) is 0 Å². The van der Waals surface area contributed by atoms with Gasteiger partial charge in [-0.3, -0.25) is 9.63 Å². The molecule has 0 aromatic rings. The van der Waals surface area contributed by atoms with Crippen LogP contribution in [0, 0.1) is 5.41 Å². The van der Waals surface area contributed by atoms with Gasteiger partial charge in [-0.05, 0) is 24.8 Å². The van der Waals surface area contributed by atoms with Crippen LogP contribution in [0.2, 0.25) is 0 Å². The van der Waals surface area contributed by atoms with Gasteiger partial charge in [0.2, 0.25) is 0 Å². The van der Waals surface area contributed by atoms with Gasteiger partial charge in [-0.25, -0.2) is 5.06 Å². The van der Waals surface area contributed by atoms with Crippen molar-refractivity contribution in [1.29, 1.82) is 0 Å². The molecule has 18 heavy (non-hydrogen) atoms. The summed E-state index contributed by atoms with van der Waals surface area (Å²) < 4.78 is 0. The molecule has 0 aromatic carbocycles. The van der Waals surface area contributed by atoms with Crippen LogP contribution in [0.3, 0.4) is 0 Å². The van der Waals surface area contributed by atoms with Crippen molar-refractivity contribution >= 4 is 5.91 Å². The van der Waals surface area contributed by atoms with Crippen molar-refractivity contribution in [2.45, 2.75) is 58.9 Å². The second kappa shape index (κ2) is 7.10. The van der Waals surface area contributed by atoms with E-state index in [-0.39, 0.29) is 17.4 Å². The van der Waals surface area contributed by atoms with Crippen LogP contribution >= 0.6 is 0 Å². The maximum atomic E-state index is 12.4. The number of carbonyl (C=O) groups is 1. The van der Waals surface area contributed by atoms with Crippen LogP contribution in [-0.2, 0) is 9.63 Å². The predicted molar refractivity (Wildman–Crippen MR) is 73.1 cm³/mol. The minimum Gasteiger partial charge on any atom is -0.306 e. The molecule has 1 aliphatic rings. The monoisotopic (exact) mass is 256 g/mol. The number of carbonyl (C=O) groups excluding carboxylic acids is 1. The predicted octanol–water partition coefficient (Wildman–Crippen LogP) is 2.34. The second-order valence-corrected chi connectivity index (χ2v) is 6.33. The highest BCUT2D eigenvalue weighted by atomic mass is 16.7. The van der Waals surface area contributed by atoms with Crippen molar-refractivity contribution in [2.24, 2.45) is 5.41 Å². The van der Waals surface area contributed by atoms with Crippen LogP contribution in [0.1, 0.15) is 52.9 Å². The molecule has 106 valence electrons. The number of amides is 1. The average Bonchev–Trinajstić information content (AvgIpc) is 2.23. The molecule has 0 aliphatic carbocycles. The van der Waals surface area contributed by atoms with Crippen molar-refractivity contribution in [1.82, 2.24) is 10.4 Å². The maximum absolute atomic E-state index is 12.4. The topological polar surface area (TPSA) is 41.6 Å². The molecule has 1 saturated heterocycles. The standard InChI is InChI=1S/C14H28N2O2/c1-14(2,3)11-16(18-4)13(17)12-9-7-5-6-8-10-15-12/h12,15H,5-11H2,1-4H3. The molecule has 0 spiro atoms. The lowest BCUT2D eigenvalue weighted by molar-refractivity contribution is -0.184. The number of hydrogen-bond donors (Lipinski definition) is 1. The highest BCUT2D eigenvalue weighted by molar-refractivity contribution is 5.81. The van der Waals surface area contributed by atoms with Crippen LogP contribution in [0.25, 0.3) is 0 Å². The summed E-state index contributed by atoms with van der Waals surface area (Å²) in [7, 11) is 1.58. The number of nitrogens with one attached hydrogen (secondary N) is 1. The molecule has 4 heteroatoms. The molecule has 1 atom stereocenters. The van der Waals surface area contributed by atoms with Gasteiger partial charge in [-0.1, -0.05) is 40.0 Å². The molecule has 1 N–H and O–H groups in total. The first-order valence-electron chi connectivity index (χ1n) is 7.03. The van der Waals surface area contributed by atoms with Crippen LogP contribution in [0.15, 0.2) is 0 Å². The van der Waals surface area contributed by atoms with Crippen LogP contribution < -0.4 is 5.32 Å². The molecule has 1 heterocycles. The molecular formula is C14H28N2O2. The van der Waals surface area contributed by atoms with E-state index in [1.165, 1.54) is 17.9 Å². The summed E-state index contributed by atoms with van der Waals surface area (Å²) in [5.41, 5.74) is 0.0489. The first-order chi connectivity index (χ1) is 8.44. The normalized spacial score (nSPS) is 22.1. The number of hydrogen-bond acceptors (Lipinski definition) is 3. The zero-order valence-electron chi connectivity index (χ0n) is 12.3. The molecule has 1 aliphatic heterocycles. The van der Waals surface area contributed by atoms with E-state index < -0.39 is 0 Å². The van der Waals surface area contributed by atoms with E-state index >= 15 is 0 Å². The Morgan fingerprint density at radius 2 is 1.94 bits per heavy atom. The smallest absolute Gasteiger partial charge is 0.263 e. The first kappa shape index (κ1) is 15.4. The Morgan fingerprint density at radius 3 is 2.56 bits per heavy atom. The molecule has 1 rings (SSSR count). The van der Waals surface area contributed by atoms with E-state index in [9.17, 15) is 4.79 Å². The van der Waals surface area contributed by atoms with Gasteiger partial charge >= 0.3 is 0 Å². The summed E-state index contributed by atoms with van der Waals surface area (Å²) in [5.74, 6) is 0.0781. The van der Waals surface area contributed by atoms with Gasteiger partial charge in [0.15, 0.2) is 0 Å². The second-order valence-electron chi connectivity index (χ2n) is 6.33. The summed E-state index contributed by atoms with van der Waals surface area (Å²) in [4.78, 5) is 17.7. The van der Waals surface area contributed by atoms with Crippen LogP contribution in [0.5, 0.6) is 0 Å². The zero-order valence-corrected chi connectivity index (χ0v) is 12.3. The quantitative estimate of drug-likeness (QED) is 0.788. The highest BCUT2D eigenvalue weighted by Crippen LogP contribution is 2.17. The fraction of sp³-hybridized carbons (Fsp3) is 0.929. The minimum atomic E-state index is -0.0763. The van der Waals surface area contributed by atoms with Crippen molar-refractivity contribution in [2.75, 3.05) is 20.2 Å². The van der Waals surface area contributed by atoms with Gasteiger partial charge < -0.3 is 5.32 Å². The molecule has 0 aromatic heterocycles. The third-order valence-corrected chi connectivity index (χ3v) is 3.19. The Balaban J connectivity index is 2.57. The third kappa shape index (κ3) is 5.36. The molecule has 0 radical (unpaired) electrons. The number of hydroxylamine groups is 2. The Bertz CT molecular complexity index is 253. The van der Waals surface area contributed by atoms with Crippen LogP contribution in [0.4, 0.5) is 0 Å². The van der Waals surface area contributed by atoms with E-state index in [1.54, 1.807) is 7.11 Å². The van der Waals surface area contributed by atoms with Gasteiger partial charge in [0.25, 0.3) is 5.91 Å². The van der Waals surface area contributed by atoms with Crippen LogP contribution in [-0.4, -0.2) is 37.2 Å². The van der Waals surface area contributed by atoms with Crippen molar-refractivity contribution in [3.8, 4) is 0 Å². The Hall–Kier alpha value is -0.610. The number of rotatable bonds is 3. The summed E-state index contributed by atoms with van der Waals surface area (Å²) >= 11 is 0. The fourth-order valence-corrected chi connectivity index (χ4v) is 2.25. The van der Waals surface area contributed by atoms with Crippen molar-refractivity contribution in [3.63, 3.8) is 0 Å². The zero-order chi connectivity index (χ0) is 13.6. The SMILES string of the molecule is CON(CC(C)(C)C)C(=O)C1CCCCCCN1. The van der Waals surface area contributed by atoms with E-state index in [0.29, 0.717) is 6.54 Å². The molecule has 0 saturated carbocycles. The molecule has 0 bridgehead atoms. The van der Waals surface area contributed by atoms with E-state index in [4.69, 9.17) is 4.84 Å². The molecule has 4 nitrogen and oxygen atoms in total. The summed E-state index contributed by atoms with van der Waals surface area (Å²) in [6, 6.07) is -0.0763. The molecule has 1 amide bonds. The average molecular weight is 256 g/mol. The van der Waals surface area contributed by atoms with Gasteiger partial charge in [0, 0.05) is 0 Å². The Kier molecular flexibility index (Phi) is 6.09. The maximum Gasteiger partial charge on any atom is 0.263 e. The summed E-state index contributed by atoms with van der Waals surface area (Å²) in [6.07, 6.45) is 5.71. The fourth-order valence-electron chi connectivity index (χ4n) is 2.25. The Labute approximate surface area is 111 Å². The lowest BCUT2D eigenvalue weighted by Crippen LogP contribution is -2.49. The van der Waals surface area contributed by atoms with Gasteiger partial charge in [0.05, 0.1) is 19.7 Å². The molecule has 1 fully saturated rings. The van der Waals surface area contributed by atoms with Gasteiger partial charge in [0.1, 0.15) is 0 Å². The first-order valence-corrected chi connectivity index (χ1v) is 7.03. The third-order valence-electron chi connectivity index (χ3n) is 3.19. The minimum absolute atomic E-state index is 0.0489. The summed E-state index contributed by atoms with van der Waals surface area (Å²) in [5, 5.41) is 4.86. The number of nitrogens with zero attached hydrogens (tertiary/aromatic N) is 1. The molecular weight excluding hydrogens is 228 g/mol. The lowest BCUT2D eigenvalue weighted by Gasteiger charge is -2.31. The highest BCUT2D eigenvalue weighted by Gasteiger charge is 2.27. The van der Waals surface area contributed by atoms with E-state index in [1.807, 2.05) is 0 Å². The van der Waals surface area contributed by atoms with Gasteiger partial charge in [-0.2, -0.15) is 0 Å². The Morgan fingerprint density at radius 1 is 1.28 bits per heavy atom. The van der Waals surface area contributed by atoms with Gasteiger partial charge in [-0.15, -0.1) is 0 Å².